The molecule has 25 heavy (non-hydrogen) atoms. The van der Waals surface area contributed by atoms with E-state index >= 15 is 0 Å². The molecule has 0 saturated carbocycles. The Kier molecular flexibility index (Phi) is 5.78. The average Bonchev–Trinajstić information content (AvgIpc) is 3.29. The summed E-state index contributed by atoms with van der Waals surface area (Å²) in [5, 5.41) is 2.86. The molecule has 0 aliphatic carbocycles. The van der Waals surface area contributed by atoms with Crippen LogP contribution in [0.2, 0.25) is 0 Å². The Morgan fingerprint density at radius 1 is 1.32 bits per heavy atom. The fraction of sp³-hybridized carbons (Fsp3) is 0.222. The summed E-state index contributed by atoms with van der Waals surface area (Å²) in [7, 11) is 3.56. The number of imidazole rings is 1. The summed E-state index contributed by atoms with van der Waals surface area (Å²) in [6.07, 6.45) is 3.61. The first-order chi connectivity index (χ1) is 12.2. The molecule has 0 spiro atoms. The lowest BCUT2D eigenvalue weighted by atomic mass is 10.2. The molecule has 5 nitrogen and oxygen atoms in total. The van der Waals surface area contributed by atoms with E-state index in [2.05, 4.69) is 4.98 Å². The summed E-state index contributed by atoms with van der Waals surface area (Å²) in [4.78, 5) is 20.1. The number of amides is 1. The molecule has 130 valence electrons. The van der Waals surface area contributed by atoms with E-state index in [1.165, 1.54) is 11.8 Å². The highest BCUT2D eigenvalue weighted by molar-refractivity contribution is 7.99. The van der Waals surface area contributed by atoms with Gasteiger partial charge >= 0.3 is 0 Å². The van der Waals surface area contributed by atoms with Crippen molar-refractivity contribution in [1.29, 1.82) is 0 Å². The van der Waals surface area contributed by atoms with Crippen molar-refractivity contribution in [2.75, 3.05) is 17.8 Å². The van der Waals surface area contributed by atoms with Gasteiger partial charge < -0.3 is 14.2 Å². The number of rotatable bonds is 7. The number of hydrogen-bond donors (Lipinski definition) is 0. The van der Waals surface area contributed by atoms with Gasteiger partial charge in [-0.05, 0) is 35.7 Å². The number of carbonyl (C=O) groups excluding carboxylic acids is 1. The molecule has 0 aliphatic heterocycles. The quantitative estimate of drug-likeness (QED) is 0.591. The van der Waals surface area contributed by atoms with Crippen molar-refractivity contribution in [3.05, 3.63) is 59.0 Å². The van der Waals surface area contributed by atoms with Crippen molar-refractivity contribution in [1.82, 2.24) is 9.55 Å². The lowest BCUT2D eigenvalue weighted by molar-refractivity contribution is -0.116. The van der Waals surface area contributed by atoms with Crippen molar-refractivity contribution in [3.63, 3.8) is 0 Å². The average molecular weight is 374 g/mol. The fourth-order valence-corrected chi connectivity index (χ4v) is 3.84. The molecule has 1 amide bonds. The minimum Gasteiger partial charge on any atom is -0.497 e. The number of anilines is 1. The molecule has 0 radical (unpaired) electrons. The van der Waals surface area contributed by atoms with Crippen molar-refractivity contribution >= 4 is 34.7 Å². The van der Waals surface area contributed by atoms with E-state index in [0.29, 0.717) is 12.3 Å². The van der Waals surface area contributed by atoms with E-state index in [1.54, 1.807) is 29.5 Å². The molecule has 7 heteroatoms. The predicted octanol–water partition coefficient (Wildman–Crippen LogP) is 3.82. The zero-order chi connectivity index (χ0) is 17.6. The van der Waals surface area contributed by atoms with Crippen molar-refractivity contribution in [3.8, 4) is 5.75 Å². The number of carbonyl (C=O) groups is 1. The molecule has 3 rings (SSSR count). The highest BCUT2D eigenvalue weighted by Gasteiger charge is 2.18. The summed E-state index contributed by atoms with van der Waals surface area (Å²) >= 11 is 3.09. The van der Waals surface area contributed by atoms with Gasteiger partial charge in [0.15, 0.2) is 5.16 Å². The number of aromatic nitrogens is 2. The largest absolute Gasteiger partial charge is 0.497 e. The van der Waals surface area contributed by atoms with Gasteiger partial charge in [0.05, 0.1) is 19.4 Å². The number of hydrogen-bond acceptors (Lipinski definition) is 5. The molecule has 0 atom stereocenters. The molecule has 0 N–H and O–H groups in total. The molecule has 0 saturated heterocycles. The van der Waals surface area contributed by atoms with Gasteiger partial charge in [0.1, 0.15) is 5.75 Å². The highest BCUT2D eigenvalue weighted by Crippen LogP contribution is 2.24. The zero-order valence-corrected chi connectivity index (χ0v) is 15.7. The topological polar surface area (TPSA) is 47.4 Å². The van der Waals surface area contributed by atoms with E-state index < -0.39 is 0 Å². The van der Waals surface area contributed by atoms with Crippen LogP contribution in [-0.2, 0) is 18.4 Å². The van der Waals surface area contributed by atoms with E-state index in [1.807, 2.05) is 59.6 Å². The van der Waals surface area contributed by atoms with Crippen LogP contribution in [0.25, 0.3) is 0 Å². The van der Waals surface area contributed by atoms with Crippen molar-refractivity contribution < 1.29 is 9.53 Å². The Bertz CT molecular complexity index is 813. The number of ether oxygens (including phenoxy) is 1. The molecule has 0 aliphatic rings. The molecule has 0 fully saturated rings. The monoisotopic (exact) mass is 373 g/mol. The van der Waals surface area contributed by atoms with Gasteiger partial charge in [-0.3, -0.25) is 4.79 Å². The van der Waals surface area contributed by atoms with Crippen LogP contribution in [-0.4, -0.2) is 28.3 Å². The first-order valence-corrected chi connectivity index (χ1v) is 9.61. The Labute approximate surface area is 155 Å². The van der Waals surface area contributed by atoms with Gasteiger partial charge in [-0.2, -0.15) is 0 Å². The third kappa shape index (κ3) is 4.43. The molecule has 3 aromatic rings. The summed E-state index contributed by atoms with van der Waals surface area (Å²) in [5.41, 5.74) is 0.861. The van der Waals surface area contributed by atoms with Crippen LogP contribution in [0.5, 0.6) is 5.75 Å². The summed E-state index contributed by atoms with van der Waals surface area (Å²) in [6.45, 7) is 0.559. The molecule has 2 aromatic heterocycles. The smallest absolute Gasteiger partial charge is 0.237 e. The van der Waals surface area contributed by atoms with E-state index in [-0.39, 0.29) is 5.91 Å². The Balaban J connectivity index is 1.76. The van der Waals surface area contributed by atoms with Gasteiger partial charge in [0, 0.05) is 30.0 Å². The van der Waals surface area contributed by atoms with Crippen LogP contribution < -0.4 is 9.64 Å². The van der Waals surface area contributed by atoms with Crippen LogP contribution in [0.3, 0.4) is 0 Å². The maximum absolute atomic E-state index is 12.9. The van der Waals surface area contributed by atoms with Crippen LogP contribution in [0.15, 0.2) is 59.3 Å². The van der Waals surface area contributed by atoms with Gasteiger partial charge in [0.25, 0.3) is 0 Å². The van der Waals surface area contributed by atoms with Crippen LogP contribution in [0.1, 0.15) is 4.88 Å². The molecule has 1 aromatic carbocycles. The molecule has 0 unspecified atom stereocenters. The number of benzene rings is 1. The maximum atomic E-state index is 12.9. The molecular weight excluding hydrogens is 354 g/mol. The normalized spacial score (nSPS) is 10.6. The maximum Gasteiger partial charge on any atom is 0.237 e. The Morgan fingerprint density at radius 2 is 2.12 bits per heavy atom. The molecule has 0 bridgehead atoms. The third-order valence-corrected chi connectivity index (χ3v) is 5.58. The number of methoxy groups -OCH3 is 1. The summed E-state index contributed by atoms with van der Waals surface area (Å²) in [5.74, 6) is 1.16. The fourth-order valence-electron chi connectivity index (χ4n) is 2.34. The second-order valence-electron chi connectivity index (χ2n) is 5.37. The summed E-state index contributed by atoms with van der Waals surface area (Å²) < 4.78 is 7.12. The van der Waals surface area contributed by atoms with E-state index in [0.717, 1.165) is 21.5 Å². The van der Waals surface area contributed by atoms with E-state index in [9.17, 15) is 4.79 Å². The molecular formula is C18H19N3O2S2. The molecule has 2 heterocycles. The third-order valence-electron chi connectivity index (χ3n) is 3.68. The number of thiophene rings is 1. The van der Waals surface area contributed by atoms with Crippen LogP contribution in [0.4, 0.5) is 5.69 Å². The van der Waals surface area contributed by atoms with Gasteiger partial charge in [-0.1, -0.05) is 17.8 Å². The second-order valence-corrected chi connectivity index (χ2v) is 7.34. The minimum atomic E-state index is 0.0477. The van der Waals surface area contributed by atoms with E-state index in [4.69, 9.17) is 4.74 Å². The second kappa shape index (κ2) is 8.22. The number of thioether (sulfide) groups is 1. The predicted molar refractivity (Wildman–Crippen MR) is 102 cm³/mol. The lowest BCUT2D eigenvalue weighted by Gasteiger charge is -2.22. The Hall–Kier alpha value is -2.25. The number of nitrogens with zero attached hydrogens (tertiary/aromatic N) is 3. The standard InChI is InChI=1S/C18H19N3O2S2/c1-20-10-9-19-18(20)25-13-17(22)21(12-16-4-3-11-24-16)14-5-7-15(23-2)8-6-14/h3-11H,12-13H2,1-2H3. The SMILES string of the molecule is COc1ccc(N(Cc2cccs2)C(=O)CSc2nccn2C)cc1. The van der Waals surface area contributed by atoms with Crippen molar-refractivity contribution in [2.24, 2.45) is 7.05 Å². The summed E-state index contributed by atoms with van der Waals surface area (Å²) in [6, 6.07) is 11.6. The lowest BCUT2D eigenvalue weighted by Crippen LogP contribution is -2.31. The first-order valence-electron chi connectivity index (χ1n) is 7.74. The Morgan fingerprint density at radius 3 is 2.72 bits per heavy atom. The van der Waals surface area contributed by atoms with Gasteiger partial charge in [-0.25, -0.2) is 4.98 Å². The first kappa shape index (κ1) is 17.6. The minimum absolute atomic E-state index is 0.0477. The zero-order valence-electron chi connectivity index (χ0n) is 14.1. The highest BCUT2D eigenvalue weighted by atomic mass is 32.2. The van der Waals surface area contributed by atoms with Gasteiger partial charge in [-0.15, -0.1) is 11.3 Å². The van der Waals surface area contributed by atoms with Crippen LogP contribution in [0, 0.1) is 0 Å². The van der Waals surface area contributed by atoms with Crippen LogP contribution >= 0.6 is 23.1 Å². The van der Waals surface area contributed by atoms with Crippen molar-refractivity contribution in [2.45, 2.75) is 11.7 Å². The number of aryl methyl sites for hydroxylation is 1. The van der Waals surface area contributed by atoms with Gasteiger partial charge in [0.2, 0.25) is 5.91 Å².